The lowest BCUT2D eigenvalue weighted by molar-refractivity contribution is -0.137. The minimum absolute atomic E-state index is 0.149. The van der Waals surface area contributed by atoms with Crippen LogP contribution in [0.15, 0.2) is 42.5 Å². The maximum atomic E-state index is 13.7. The number of rotatable bonds is 5. The Hall–Kier alpha value is -2.73. The minimum Gasteiger partial charge on any atom is -0.504 e. The highest BCUT2D eigenvalue weighted by Crippen LogP contribution is 2.56. The van der Waals surface area contributed by atoms with E-state index in [0.29, 0.717) is 18.2 Å². The molecule has 0 unspecified atom stereocenters. The number of amides is 1. The largest absolute Gasteiger partial charge is 0.504 e. The summed E-state index contributed by atoms with van der Waals surface area (Å²) in [6, 6.07) is 13.7. The average Bonchev–Trinajstić information content (AvgIpc) is 3.39. The van der Waals surface area contributed by atoms with Gasteiger partial charge in [-0.15, -0.1) is 0 Å². The van der Waals surface area contributed by atoms with Gasteiger partial charge >= 0.3 is 0 Å². The molecule has 158 valence electrons. The van der Waals surface area contributed by atoms with Gasteiger partial charge in [0, 0.05) is 25.0 Å². The second-order valence-electron chi connectivity index (χ2n) is 8.64. The molecule has 3 heterocycles. The van der Waals surface area contributed by atoms with E-state index in [1.807, 2.05) is 35.2 Å². The Morgan fingerprint density at radius 2 is 2.03 bits per heavy atom. The second-order valence-corrected chi connectivity index (χ2v) is 8.64. The average molecular weight is 408 g/mol. The van der Waals surface area contributed by atoms with Crippen molar-refractivity contribution in [3.63, 3.8) is 0 Å². The summed E-state index contributed by atoms with van der Waals surface area (Å²) in [4.78, 5) is 18.2. The first-order chi connectivity index (χ1) is 14.6. The van der Waals surface area contributed by atoms with Gasteiger partial charge in [0.1, 0.15) is 11.3 Å². The normalized spacial score (nSPS) is 27.9. The van der Waals surface area contributed by atoms with Gasteiger partial charge in [0.05, 0.1) is 14.2 Å². The van der Waals surface area contributed by atoms with Crippen molar-refractivity contribution in [2.24, 2.45) is 5.92 Å². The molecule has 0 radical (unpaired) electrons. The summed E-state index contributed by atoms with van der Waals surface area (Å²) in [6.07, 6.45) is 2.92. The number of likely N-dealkylation sites (tertiary alicyclic amines) is 1. The van der Waals surface area contributed by atoms with Crippen molar-refractivity contribution in [1.29, 1.82) is 0 Å². The van der Waals surface area contributed by atoms with Crippen molar-refractivity contribution in [2.75, 3.05) is 27.3 Å². The first-order valence-electron chi connectivity index (χ1n) is 10.6. The number of phenolic OH excluding ortho intramolecular Hbond substituents is 1. The zero-order chi connectivity index (χ0) is 20.9. The molecule has 1 amide bonds. The zero-order valence-corrected chi connectivity index (χ0v) is 17.5. The van der Waals surface area contributed by atoms with E-state index in [-0.39, 0.29) is 23.2 Å². The number of carbonyl (C=O) groups is 1. The Bertz CT molecular complexity index is 977. The van der Waals surface area contributed by atoms with Crippen LogP contribution in [0.5, 0.6) is 17.2 Å². The summed E-state index contributed by atoms with van der Waals surface area (Å²) in [7, 11) is 3.23. The number of ether oxygens (including phenoxy) is 2. The highest BCUT2D eigenvalue weighted by Gasteiger charge is 2.65. The Labute approximate surface area is 177 Å². The van der Waals surface area contributed by atoms with Gasteiger partial charge in [0.2, 0.25) is 5.91 Å². The highest BCUT2D eigenvalue weighted by molar-refractivity contribution is 5.90. The van der Waals surface area contributed by atoms with Crippen molar-refractivity contribution in [3.05, 3.63) is 53.6 Å². The molecule has 5 rings (SSSR count). The second kappa shape index (κ2) is 7.20. The number of methoxy groups -OCH3 is 2. The lowest BCUT2D eigenvalue weighted by atomic mass is 9.85. The molecule has 3 saturated heterocycles. The summed E-state index contributed by atoms with van der Waals surface area (Å²) >= 11 is 0. The lowest BCUT2D eigenvalue weighted by Crippen LogP contribution is -2.49. The summed E-state index contributed by atoms with van der Waals surface area (Å²) < 4.78 is 10.7. The SMILES string of the molecule is COc1cccc(CN2C[C@@H]3C[C@@H](c4ccc(O)c(OC)c4)N4CCC[C@@]34C2=O)c1. The third-order valence-electron chi connectivity index (χ3n) is 7.22. The molecule has 3 aliphatic rings. The number of phenols is 1. The van der Waals surface area contributed by atoms with Gasteiger partial charge in [-0.1, -0.05) is 18.2 Å². The summed E-state index contributed by atoms with van der Waals surface area (Å²) in [5.41, 5.74) is 1.84. The Balaban J connectivity index is 1.41. The van der Waals surface area contributed by atoms with Crippen LogP contribution in [-0.2, 0) is 11.3 Å². The molecule has 0 aromatic heterocycles. The highest BCUT2D eigenvalue weighted by atomic mass is 16.5. The molecule has 0 bridgehead atoms. The van der Waals surface area contributed by atoms with Crippen LogP contribution in [0.4, 0.5) is 0 Å². The van der Waals surface area contributed by atoms with Crippen LogP contribution in [-0.4, -0.2) is 53.7 Å². The number of benzene rings is 2. The number of nitrogens with zero attached hydrogens (tertiary/aromatic N) is 2. The molecule has 30 heavy (non-hydrogen) atoms. The maximum absolute atomic E-state index is 13.7. The summed E-state index contributed by atoms with van der Waals surface area (Å²) in [6.45, 7) is 2.35. The lowest BCUT2D eigenvalue weighted by Gasteiger charge is -2.33. The van der Waals surface area contributed by atoms with Crippen molar-refractivity contribution in [2.45, 2.75) is 37.4 Å². The predicted octanol–water partition coefficient (Wildman–Crippen LogP) is 3.35. The molecule has 2 aromatic carbocycles. The van der Waals surface area contributed by atoms with E-state index in [2.05, 4.69) is 11.0 Å². The van der Waals surface area contributed by atoms with Crippen LogP contribution < -0.4 is 9.47 Å². The predicted molar refractivity (Wildman–Crippen MR) is 113 cm³/mol. The summed E-state index contributed by atoms with van der Waals surface area (Å²) in [5.74, 6) is 2.05. The van der Waals surface area contributed by atoms with Crippen molar-refractivity contribution >= 4 is 5.91 Å². The topological polar surface area (TPSA) is 62.2 Å². The Kier molecular flexibility index (Phi) is 4.62. The fourth-order valence-corrected chi connectivity index (χ4v) is 5.92. The van der Waals surface area contributed by atoms with Gasteiger partial charge in [-0.2, -0.15) is 0 Å². The number of hydrogen-bond donors (Lipinski definition) is 1. The monoisotopic (exact) mass is 408 g/mol. The third kappa shape index (κ3) is 2.77. The molecular weight excluding hydrogens is 380 g/mol. The fourth-order valence-electron chi connectivity index (χ4n) is 5.92. The van der Waals surface area contributed by atoms with Gasteiger partial charge < -0.3 is 19.5 Å². The van der Waals surface area contributed by atoms with Gasteiger partial charge in [0.25, 0.3) is 0 Å². The van der Waals surface area contributed by atoms with E-state index < -0.39 is 0 Å². The van der Waals surface area contributed by atoms with Crippen molar-refractivity contribution in [3.8, 4) is 17.2 Å². The van der Waals surface area contributed by atoms with E-state index >= 15 is 0 Å². The first-order valence-corrected chi connectivity index (χ1v) is 10.6. The van der Waals surface area contributed by atoms with Crippen LogP contribution in [0.1, 0.15) is 36.4 Å². The molecule has 1 spiro atoms. The summed E-state index contributed by atoms with van der Waals surface area (Å²) in [5, 5.41) is 9.97. The van der Waals surface area contributed by atoms with E-state index in [4.69, 9.17) is 9.47 Å². The molecule has 3 aliphatic heterocycles. The van der Waals surface area contributed by atoms with Gasteiger partial charge in [-0.05, 0) is 61.2 Å². The number of carbonyl (C=O) groups excluding carboxylic acids is 1. The van der Waals surface area contributed by atoms with Crippen LogP contribution in [0, 0.1) is 5.92 Å². The Morgan fingerprint density at radius 3 is 2.83 bits per heavy atom. The zero-order valence-electron chi connectivity index (χ0n) is 17.5. The quantitative estimate of drug-likeness (QED) is 0.822. The van der Waals surface area contributed by atoms with Gasteiger partial charge in [0.15, 0.2) is 11.5 Å². The van der Waals surface area contributed by atoms with Crippen LogP contribution >= 0.6 is 0 Å². The van der Waals surface area contributed by atoms with Crippen LogP contribution in [0.25, 0.3) is 0 Å². The minimum atomic E-state index is -0.380. The van der Waals surface area contributed by atoms with Crippen LogP contribution in [0.2, 0.25) is 0 Å². The van der Waals surface area contributed by atoms with E-state index in [1.165, 1.54) is 0 Å². The third-order valence-corrected chi connectivity index (χ3v) is 7.22. The molecule has 2 aromatic rings. The van der Waals surface area contributed by atoms with Gasteiger partial charge in [-0.3, -0.25) is 9.69 Å². The van der Waals surface area contributed by atoms with Crippen molar-refractivity contribution in [1.82, 2.24) is 9.80 Å². The van der Waals surface area contributed by atoms with Crippen LogP contribution in [0.3, 0.4) is 0 Å². The number of hydrogen-bond acceptors (Lipinski definition) is 5. The maximum Gasteiger partial charge on any atom is 0.243 e. The molecule has 3 fully saturated rings. The molecule has 1 N–H and O–H groups in total. The standard InChI is InChI=1S/C24H28N2O4/c1-29-19-6-3-5-16(11-19)14-25-15-18-13-20(17-7-8-21(27)22(12-17)30-2)26-10-4-9-24(18,26)23(25)28/h3,5-8,11-12,18,20,27H,4,9-10,13-15H2,1-2H3/t18-,20-,24-/m0/s1. The fraction of sp³-hybridized carbons (Fsp3) is 0.458. The first kappa shape index (κ1) is 19.2. The van der Waals surface area contributed by atoms with E-state index in [9.17, 15) is 9.90 Å². The molecule has 0 aliphatic carbocycles. The van der Waals surface area contributed by atoms with Gasteiger partial charge in [-0.25, -0.2) is 0 Å². The molecule has 3 atom stereocenters. The molecule has 6 heteroatoms. The smallest absolute Gasteiger partial charge is 0.243 e. The van der Waals surface area contributed by atoms with Crippen molar-refractivity contribution < 1.29 is 19.4 Å². The van der Waals surface area contributed by atoms with E-state index in [0.717, 1.165) is 49.2 Å². The molecular formula is C24H28N2O4. The molecule has 6 nitrogen and oxygen atoms in total. The molecule has 0 saturated carbocycles. The number of aromatic hydroxyl groups is 1. The Morgan fingerprint density at radius 1 is 1.17 bits per heavy atom. The van der Waals surface area contributed by atoms with E-state index in [1.54, 1.807) is 20.3 Å².